The molecule has 4 rings (SSSR count). The molecule has 7 heteroatoms. The van der Waals surface area contributed by atoms with Gasteiger partial charge in [0, 0.05) is 43.3 Å². The van der Waals surface area contributed by atoms with Gasteiger partial charge in [0.1, 0.15) is 5.75 Å². The predicted molar refractivity (Wildman–Crippen MR) is 120 cm³/mol. The monoisotopic (exact) mass is 425 g/mol. The molecule has 2 aromatic rings. The van der Waals surface area contributed by atoms with Crippen molar-refractivity contribution in [3.63, 3.8) is 0 Å². The molecule has 0 radical (unpaired) electrons. The smallest absolute Gasteiger partial charge is 0.314 e. The molecule has 1 atom stereocenters. The van der Waals surface area contributed by atoms with Crippen LogP contribution in [0.2, 0.25) is 0 Å². The van der Waals surface area contributed by atoms with E-state index in [0.717, 1.165) is 48.0 Å². The van der Waals surface area contributed by atoms with Gasteiger partial charge >= 0.3 is 6.03 Å². The SMILES string of the molecule is COc1cccc(N2CCC(CNC(=O)NCC(C)(C)c3ccc4c(c3)OCO4)C2)c1. The van der Waals surface area contributed by atoms with Crippen molar-refractivity contribution < 1.29 is 19.0 Å². The highest BCUT2D eigenvalue weighted by Gasteiger charge is 2.26. The maximum Gasteiger partial charge on any atom is 0.314 e. The predicted octanol–water partition coefficient (Wildman–Crippen LogP) is 3.53. The summed E-state index contributed by atoms with van der Waals surface area (Å²) in [6.45, 7) is 7.57. The van der Waals surface area contributed by atoms with Gasteiger partial charge in [-0.1, -0.05) is 26.0 Å². The Morgan fingerprint density at radius 3 is 2.84 bits per heavy atom. The molecule has 7 nitrogen and oxygen atoms in total. The zero-order chi connectivity index (χ0) is 21.8. The molecule has 2 N–H and O–H groups in total. The number of fused-ring (bicyclic) bond motifs is 1. The van der Waals surface area contributed by atoms with Gasteiger partial charge in [0.2, 0.25) is 6.79 Å². The maximum atomic E-state index is 12.4. The molecule has 2 aliphatic rings. The van der Waals surface area contributed by atoms with Crippen molar-refractivity contribution in [2.45, 2.75) is 25.7 Å². The number of methoxy groups -OCH3 is 1. The summed E-state index contributed by atoms with van der Waals surface area (Å²) in [4.78, 5) is 14.7. The van der Waals surface area contributed by atoms with Crippen LogP contribution in [-0.2, 0) is 5.41 Å². The number of anilines is 1. The number of nitrogens with one attached hydrogen (secondary N) is 2. The van der Waals surface area contributed by atoms with Gasteiger partial charge in [0.15, 0.2) is 11.5 Å². The largest absolute Gasteiger partial charge is 0.497 e. The van der Waals surface area contributed by atoms with E-state index >= 15 is 0 Å². The van der Waals surface area contributed by atoms with Crippen LogP contribution >= 0.6 is 0 Å². The molecule has 2 aliphatic heterocycles. The van der Waals surface area contributed by atoms with E-state index < -0.39 is 0 Å². The first-order valence-electron chi connectivity index (χ1n) is 10.8. The molecule has 2 heterocycles. The second-order valence-corrected chi connectivity index (χ2v) is 8.82. The van der Waals surface area contributed by atoms with Gasteiger partial charge < -0.3 is 29.7 Å². The summed E-state index contributed by atoms with van der Waals surface area (Å²) < 4.78 is 16.2. The standard InChI is InChI=1S/C24H31N3O4/c1-24(2,18-7-8-21-22(11-18)31-16-30-21)15-26-23(28)25-13-17-9-10-27(14-17)19-5-4-6-20(12-19)29-3/h4-8,11-12,17H,9-10,13-16H2,1-3H3,(H2,25,26,28). The van der Waals surface area contributed by atoms with E-state index in [9.17, 15) is 4.79 Å². The number of nitrogens with zero attached hydrogens (tertiary/aromatic N) is 1. The molecule has 0 bridgehead atoms. The van der Waals surface area contributed by atoms with E-state index in [0.29, 0.717) is 19.0 Å². The fourth-order valence-corrected chi connectivity index (χ4v) is 4.06. The summed E-state index contributed by atoms with van der Waals surface area (Å²) in [6, 6.07) is 13.9. The summed E-state index contributed by atoms with van der Waals surface area (Å²) >= 11 is 0. The minimum atomic E-state index is -0.227. The first-order valence-corrected chi connectivity index (χ1v) is 10.8. The van der Waals surface area contributed by atoms with Crippen LogP contribution < -0.4 is 29.7 Å². The fraction of sp³-hybridized carbons (Fsp3) is 0.458. The van der Waals surface area contributed by atoms with E-state index in [-0.39, 0.29) is 18.2 Å². The molecule has 0 spiro atoms. The molecular formula is C24H31N3O4. The number of amides is 2. The lowest BCUT2D eigenvalue weighted by Crippen LogP contribution is -2.43. The number of benzene rings is 2. The summed E-state index contributed by atoms with van der Waals surface area (Å²) in [6.07, 6.45) is 1.06. The number of rotatable bonds is 7. The van der Waals surface area contributed by atoms with Crippen LogP contribution in [0.15, 0.2) is 42.5 Å². The normalized spacial score (nSPS) is 17.5. The molecule has 0 aromatic heterocycles. The van der Waals surface area contributed by atoms with Crippen LogP contribution in [-0.4, -0.2) is 46.1 Å². The Labute approximate surface area is 183 Å². The number of urea groups is 1. The van der Waals surface area contributed by atoms with Crippen LogP contribution in [0.1, 0.15) is 25.8 Å². The molecule has 1 fully saturated rings. The molecule has 31 heavy (non-hydrogen) atoms. The second kappa shape index (κ2) is 8.96. The highest BCUT2D eigenvalue weighted by molar-refractivity contribution is 5.74. The summed E-state index contributed by atoms with van der Waals surface area (Å²) in [5.41, 5.74) is 2.04. The third-order valence-corrected chi connectivity index (χ3v) is 6.10. The molecule has 0 aliphatic carbocycles. The van der Waals surface area contributed by atoms with Crippen molar-refractivity contribution in [1.29, 1.82) is 0 Å². The molecule has 166 valence electrons. The minimum Gasteiger partial charge on any atom is -0.497 e. The van der Waals surface area contributed by atoms with Crippen molar-refractivity contribution in [1.82, 2.24) is 10.6 Å². The van der Waals surface area contributed by atoms with Crippen molar-refractivity contribution in [3.8, 4) is 17.2 Å². The molecule has 1 saturated heterocycles. The molecular weight excluding hydrogens is 394 g/mol. The topological polar surface area (TPSA) is 72.1 Å². The van der Waals surface area contributed by atoms with Crippen LogP contribution in [0.3, 0.4) is 0 Å². The Balaban J connectivity index is 1.23. The lowest BCUT2D eigenvalue weighted by atomic mass is 9.84. The first-order chi connectivity index (χ1) is 14.9. The number of carbonyl (C=O) groups is 1. The Hall–Kier alpha value is -3.09. The van der Waals surface area contributed by atoms with Gasteiger partial charge in [-0.3, -0.25) is 0 Å². The van der Waals surface area contributed by atoms with E-state index in [1.54, 1.807) is 7.11 Å². The third kappa shape index (κ3) is 4.98. The number of carbonyl (C=O) groups excluding carboxylic acids is 1. The van der Waals surface area contributed by atoms with Gasteiger partial charge in [-0.25, -0.2) is 4.79 Å². The first kappa shape index (κ1) is 21.2. The van der Waals surface area contributed by atoms with Gasteiger partial charge in [0.05, 0.1) is 7.11 Å². The average Bonchev–Trinajstić information content (AvgIpc) is 3.45. The zero-order valence-electron chi connectivity index (χ0n) is 18.4. The Kier molecular flexibility index (Phi) is 6.11. The van der Waals surface area contributed by atoms with Gasteiger partial charge in [-0.05, 0) is 42.2 Å². The number of hydrogen-bond acceptors (Lipinski definition) is 5. The van der Waals surface area contributed by atoms with Gasteiger partial charge in [-0.2, -0.15) is 0 Å². The highest BCUT2D eigenvalue weighted by Crippen LogP contribution is 2.36. The number of ether oxygens (including phenoxy) is 3. The second-order valence-electron chi connectivity index (χ2n) is 8.82. The van der Waals surface area contributed by atoms with Crippen molar-refractivity contribution in [2.75, 3.05) is 45.0 Å². The Bertz CT molecular complexity index is 931. The molecule has 1 unspecified atom stereocenters. The van der Waals surface area contributed by atoms with E-state index in [1.807, 2.05) is 30.3 Å². The van der Waals surface area contributed by atoms with E-state index in [4.69, 9.17) is 14.2 Å². The number of hydrogen-bond donors (Lipinski definition) is 2. The molecule has 0 saturated carbocycles. The molecule has 2 amide bonds. The van der Waals surface area contributed by atoms with Crippen molar-refractivity contribution in [2.24, 2.45) is 5.92 Å². The maximum absolute atomic E-state index is 12.4. The van der Waals surface area contributed by atoms with Crippen LogP contribution in [0.5, 0.6) is 17.2 Å². The van der Waals surface area contributed by atoms with Gasteiger partial charge in [-0.15, -0.1) is 0 Å². The lowest BCUT2D eigenvalue weighted by molar-refractivity contribution is 0.174. The molecule has 2 aromatic carbocycles. The summed E-state index contributed by atoms with van der Waals surface area (Å²) in [5.74, 6) is 2.82. The quantitative estimate of drug-likeness (QED) is 0.710. The van der Waals surface area contributed by atoms with E-state index in [2.05, 4.69) is 41.5 Å². The fourth-order valence-electron chi connectivity index (χ4n) is 4.06. The van der Waals surface area contributed by atoms with Gasteiger partial charge in [0.25, 0.3) is 0 Å². The minimum absolute atomic E-state index is 0.131. The van der Waals surface area contributed by atoms with Crippen LogP contribution in [0.25, 0.3) is 0 Å². The Morgan fingerprint density at radius 1 is 1.16 bits per heavy atom. The highest BCUT2D eigenvalue weighted by atomic mass is 16.7. The summed E-state index contributed by atoms with van der Waals surface area (Å²) in [7, 11) is 1.68. The Morgan fingerprint density at radius 2 is 2.00 bits per heavy atom. The third-order valence-electron chi connectivity index (χ3n) is 6.10. The average molecular weight is 426 g/mol. The van der Waals surface area contributed by atoms with Crippen LogP contribution in [0.4, 0.5) is 10.5 Å². The van der Waals surface area contributed by atoms with Crippen molar-refractivity contribution >= 4 is 11.7 Å². The lowest BCUT2D eigenvalue weighted by Gasteiger charge is -2.26. The zero-order valence-corrected chi connectivity index (χ0v) is 18.4. The van der Waals surface area contributed by atoms with E-state index in [1.165, 1.54) is 0 Å². The summed E-state index contributed by atoms with van der Waals surface area (Å²) in [5, 5.41) is 6.06. The van der Waals surface area contributed by atoms with Crippen LogP contribution in [0, 0.1) is 5.92 Å². The van der Waals surface area contributed by atoms with Crippen molar-refractivity contribution in [3.05, 3.63) is 48.0 Å².